The van der Waals surface area contributed by atoms with Gasteiger partial charge < -0.3 is 10.5 Å². The summed E-state index contributed by atoms with van der Waals surface area (Å²) in [6.07, 6.45) is 0.595. The third-order valence-corrected chi connectivity index (χ3v) is 3.00. The summed E-state index contributed by atoms with van der Waals surface area (Å²) in [5.41, 5.74) is 8.52. The number of aryl methyl sites for hydroxylation is 2. The molecule has 2 rings (SSSR count). The van der Waals surface area contributed by atoms with Crippen LogP contribution in [-0.2, 0) is 6.42 Å². The maximum atomic E-state index is 13.3. The van der Waals surface area contributed by atoms with Gasteiger partial charge in [0.25, 0.3) is 0 Å². The number of nitrogens with two attached hydrogens (primary N) is 1. The number of hydrogen-bond acceptors (Lipinski definition) is 2. The van der Waals surface area contributed by atoms with Gasteiger partial charge in [0.05, 0.1) is 0 Å². The van der Waals surface area contributed by atoms with Crippen LogP contribution in [0.2, 0.25) is 0 Å². The normalized spacial score (nSPS) is 10.5. The predicted molar refractivity (Wildman–Crippen MR) is 75.1 cm³/mol. The Balaban J connectivity index is 2.34. The van der Waals surface area contributed by atoms with Crippen LogP contribution in [0, 0.1) is 19.7 Å². The summed E-state index contributed by atoms with van der Waals surface area (Å²) in [5, 5.41) is 0. The van der Waals surface area contributed by atoms with Crippen LogP contribution in [0.1, 0.15) is 16.7 Å². The summed E-state index contributed by atoms with van der Waals surface area (Å²) in [6.45, 7) is 4.46. The van der Waals surface area contributed by atoms with E-state index in [2.05, 4.69) is 0 Å². The Morgan fingerprint density at radius 3 is 2.58 bits per heavy atom. The zero-order chi connectivity index (χ0) is 13.8. The molecule has 0 heterocycles. The molecule has 0 atom stereocenters. The lowest BCUT2D eigenvalue weighted by molar-refractivity contribution is 0.470. The Labute approximate surface area is 113 Å². The first-order valence-corrected chi connectivity index (χ1v) is 6.34. The molecule has 0 aliphatic heterocycles. The lowest BCUT2D eigenvalue weighted by Crippen LogP contribution is -2.04. The Bertz CT molecular complexity index is 581. The molecule has 2 nitrogen and oxygen atoms in total. The van der Waals surface area contributed by atoms with Crippen molar-refractivity contribution in [3.63, 3.8) is 0 Å². The molecule has 0 spiro atoms. The van der Waals surface area contributed by atoms with E-state index in [-0.39, 0.29) is 5.82 Å². The molecule has 100 valence electrons. The molecule has 19 heavy (non-hydrogen) atoms. The number of halogens is 1. The van der Waals surface area contributed by atoms with Gasteiger partial charge in [0.15, 0.2) is 0 Å². The van der Waals surface area contributed by atoms with E-state index in [4.69, 9.17) is 10.5 Å². The molecule has 0 radical (unpaired) electrons. The van der Waals surface area contributed by atoms with Crippen LogP contribution in [-0.4, -0.2) is 6.54 Å². The van der Waals surface area contributed by atoms with Crippen molar-refractivity contribution in [2.45, 2.75) is 20.3 Å². The molecule has 0 saturated heterocycles. The monoisotopic (exact) mass is 259 g/mol. The highest BCUT2D eigenvalue weighted by molar-refractivity contribution is 5.42. The van der Waals surface area contributed by atoms with Crippen molar-refractivity contribution in [3.8, 4) is 11.5 Å². The summed E-state index contributed by atoms with van der Waals surface area (Å²) in [6, 6.07) is 10.6. The maximum Gasteiger partial charge on any atom is 0.130 e. The smallest absolute Gasteiger partial charge is 0.130 e. The fourth-order valence-electron chi connectivity index (χ4n) is 1.93. The van der Waals surface area contributed by atoms with Crippen molar-refractivity contribution < 1.29 is 9.13 Å². The molecular formula is C16H18FNO. The lowest BCUT2D eigenvalue weighted by atomic mass is 10.1. The van der Waals surface area contributed by atoms with Crippen LogP contribution in [0.25, 0.3) is 0 Å². The molecule has 0 aliphatic rings. The van der Waals surface area contributed by atoms with Gasteiger partial charge in [-0.2, -0.15) is 0 Å². The number of hydrogen-bond donors (Lipinski definition) is 1. The van der Waals surface area contributed by atoms with Gasteiger partial charge in [0.2, 0.25) is 0 Å². The third kappa shape index (κ3) is 3.32. The topological polar surface area (TPSA) is 35.2 Å². The average Bonchev–Trinajstić information content (AvgIpc) is 2.37. The van der Waals surface area contributed by atoms with Crippen molar-refractivity contribution in [1.82, 2.24) is 0 Å². The van der Waals surface area contributed by atoms with Crippen LogP contribution in [0.3, 0.4) is 0 Å². The van der Waals surface area contributed by atoms with Crippen molar-refractivity contribution in [1.29, 1.82) is 0 Å². The van der Waals surface area contributed by atoms with Gasteiger partial charge >= 0.3 is 0 Å². The Morgan fingerprint density at radius 1 is 1.05 bits per heavy atom. The first-order chi connectivity index (χ1) is 9.10. The van der Waals surface area contributed by atoms with Crippen LogP contribution in [0.15, 0.2) is 36.4 Å². The van der Waals surface area contributed by atoms with Crippen molar-refractivity contribution in [2.75, 3.05) is 6.54 Å². The van der Waals surface area contributed by atoms with E-state index in [9.17, 15) is 4.39 Å². The highest BCUT2D eigenvalue weighted by atomic mass is 19.1. The largest absolute Gasteiger partial charge is 0.457 e. The molecule has 0 unspecified atom stereocenters. The first kappa shape index (κ1) is 13.6. The minimum Gasteiger partial charge on any atom is -0.457 e. The molecule has 0 saturated carbocycles. The molecule has 0 amide bonds. The minimum absolute atomic E-state index is 0.267. The third-order valence-electron chi connectivity index (χ3n) is 3.00. The van der Waals surface area contributed by atoms with Crippen molar-refractivity contribution >= 4 is 0 Å². The number of ether oxygens (including phenoxy) is 1. The van der Waals surface area contributed by atoms with Gasteiger partial charge in [0.1, 0.15) is 17.3 Å². The number of rotatable bonds is 4. The van der Waals surface area contributed by atoms with E-state index in [0.29, 0.717) is 18.7 Å². The molecular weight excluding hydrogens is 241 g/mol. The van der Waals surface area contributed by atoms with E-state index in [1.54, 1.807) is 6.07 Å². The fraction of sp³-hybridized carbons (Fsp3) is 0.250. The van der Waals surface area contributed by atoms with Crippen LogP contribution in [0.5, 0.6) is 11.5 Å². The van der Waals surface area contributed by atoms with Gasteiger partial charge in [-0.3, -0.25) is 0 Å². The molecule has 0 aliphatic carbocycles. The minimum atomic E-state index is -0.267. The van der Waals surface area contributed by atoms with Gasteiger partial charge in [0, 0.05) is 0 Å². The summed E-state index contributed by atoms with van der Waals surface area (Å²) in [4.78, 5) is 0. The summed E-state index contributed by atoms with van der Waals surface area (Å²) < 4.78 is 19.2. The van der Waals surface area contributed by atoms with Crippen LogP contribution < -0.4 is 10.5 Å². The second kappa shape index (κ2) is 5.85. The van der Waals surface area contributed by atoms with Crippen molar-refractivity contribution in [3.05, 3.63) is 58.9 Å². The molecule has 2 aromatic rings. The molecule has 0 fully saturated rings. The zero-order valence-electron chi connectivity index (χ0n) is 11.2. The molecule has 0 aromatic heterocycles. The first-order valence-electron chi connectivity index (χ1n) is 6.34. The Hall–Kier alpha value is -1.87. The summed E-state index contributed by atoms with van der Waals surface area (Å²) in [5.74, 6) is 1.20. The SMILES string of the molecule is Cc1ccc(C)c(Oc2ccc(F)cc2CCN)c1. The Morgan fingerprint density at radius 2 is 1.84 bits per heavy atom. The highest BCUT2D eigenvalue weighted by Crippen LogP contribution is 2.29. The second-order valence-corrected chi connectivity index (χ2v) is 4.66. The zero-order valence-corrected chi connectivity index (χ0v) is 11.2. The molecule has 2 N–H and O–H groups in total. The highest BCUT2D eigenvalue weighted by Gasteiger charge is 2.08. The van der Waals surface area contributed by atoms with E-state index < -0.39 is 0 Å². The van der Waals surface area contributed by atoms with Gasteiger partial charge in [-0.1, -0.05) is 12.1 Å². The molecule has 0 bridgehead atoms. The maximum absolute atomic E-state index is 13.3. The van der Waals surface area contributed by atoms with Gasteiger partial charge in [-0.25, -0.2) is 4.39 Å². The van der Waals surface area contributed by atoms with E-state index in [1.807, 2.05) is 32.0 Å². The molecule has 3 heteroatoms. The second-order valence-electron chi connectivity index (χ2n) is 4.66. The standard InChI is InChI=1S/C16H18FNO/c1-11-3-4-12(2)16(9-11)19-15-6-5-14(17)10-13(15)7-8-18/h3-6,9-10H,7-8,18H2,1-2H3. The van der Waals surface area contributed by atoms with Gasteiger partial charge in [-0.05, 0) is 67.8 Å². The quantitative estimate of drug-likeness (QED) is 0.907. The fourth-order valence-corrected chi connectivity index (χ4v) is 1.93. The van der Waals surface area contributed by atoms with Gasteiger partial charge in [-0.15, -0.1) is 0 Å². The Kier molecular flexibility index (Phi) is 4.17. The predicted octanol–water partition coefficient (Wildman–Crippen LogP) is 3.74. The number of benzene rings is 2. The van der Waals surface area contributed by atoms with Crippen LogP contribution >= 0.6 is 0 Å². The van der Waals surface area contributed by atoms with E-state index >= 15 is 0 Å². The van der Waals surface area contributed by atoms with Crippen LogP contribution in [0.4, 0.5) is 4.39 Å². The van der Waals surface area contributed by atoms with E-state index in [1.165, 1.54) is 12.1 Å². The van der Waals surface area contributed by atoms with E-state index in [0.717, 1.165) is 22.4 Å². The van der Waals surface area contributed by atoms with Crippen molar-refractivity contribution in [2.24, 2.45) is 5.73 Å². The summed E-state index contributed by atoms with van der Waals surface area (Å²) >= 11 is 0. The average molecular weight is 259 g/mol. The molecule has 2 aromatic carbocycles. The summed E-state index contributed by atoms with van der Waals surface area (Å²) in [7, 11) is 0. The lowest BCUT2D eigenvalue weighted by Gasteiger charge is -2.13.